The minimum Gasteiger partial charge on any atom is -0.495 e. The largest absolute Gasteiger partial charge is 0.495 e. The van der Waals surface area contributed by atoms with E-state index in [-0.39, 0.29) is 5.91 Å². The fraction of sp³-hybridized carbons (Fsp3) is 0.227. The van der Waals surface area contributed by atoms with Crippen LogP contribution in [0.1, 0.15) is 23.1 Å². The second kappa shape index (κ2) is 8.95. The molecule has 0 saturated heterocycles. The number of hydrogen-bond donors (Lipinski definition) is 2. The molecule has 0 bridgehead atoms. The Labute approximate surface area is 169 Å². The molecule has 3 rings (SSSR count). The molecule has 6 heteroatoms. The van der Waals surface area contributed by atoms with Gasteiger partial charge in [0.15, 0.2) is 11.8 Å². The molecule has 1 heterocycles. The fourth-order valence-electron chi connectivity index (χ4n) is 3.22. The molecular formula is C22H24ClN2O3+. The molecule has 1 unspecified atom stereocenters. The number of furan rings is 1. The normalized spacial score (nSPS) is 13.0. The maximum atomic E-state index is 13.2. The number of ether oxygens (including phenoxy) is 1. The standard InChI is InChI=1S/C22H23ClN2O3/c1-15-9-11-18(28-15)14-25(2)21(16-7-5-4-6-8-16)22(26)24-17-10-12-20(27-3)19(23)13-17/h4-13,21H,14H2,1-3H3,(H,24,26)/p+1/t21-/m1/s1. The van der Waals surface area contributed by atoms with E-state index in [2.05, 4.69) is 5.32 Å². The summed E-state index contributed by atoms with van der Waals surface area (Å²) in [6.45, 7) is 2.50. The van der Waals surface area contributed by atoms with Crippen LogP contribution >= 0.6 is 11.6 Å². The summed E-state index contributed by atoms with van der Waals surface area (Å²) in [5, 5.41) is 3.42. The van der Waals surface area contributed by atoms with Gasteiger partial charge in [-0.3, -0.25) is 4.79 Å². The number of aryl methyl sites for hydroxylation is 1. The Morgan fingerprint density at radius 1 is 1.18 bits per heavy atom. The zero-order chi connectivity index (χ0) is 20.1. The van der Waals surface area contributed by atoms with Crippen LogP contribution in [0, 0.1) is 6.92 Å². The molecule has 0 radical (unpaired) electrons. The number of rotatable bonds is 7. The van der Waals surface area contributed by atoms with Gasteiger partial charge in [-0.1, -0.05) is 41.9 Å². The average Bonchev–Trinajstić information content (AvgIpc) is 3.07. The van der Waals surface area contributed by atoms with Crippen LogP contribution < -0.4 is 15.0 Å². The van der Waals surface area contributed by atoms with Crippen LogP contribution in [0.4, 0.5) is 5.69 Å². The van der Waals surface area contributed by atoms with Crippen LogP contribution in [0.15, 0.2) is 65.1 Å². The van der Waals surface area contributed by atoms with Crippen molar-refractivity contribution in [2.45, 2.75) is 19.5 Å². The number of methoxy groups -OCH3 is 1. The molecule has 0 fully saturated rings. The minimum atomic E-state index is -0.410. The molecule has 28 heavy (non-hydrogen) atoms. The molecular weight excluding hydrogens is 376 g/mol. The van der Waals surface area contributed by atoms with Crippen molar-refractivity contribution >= 4 is 23.2 Å². The summed E-state index contributed by atoms with van der Waals surface area (Å²) >= 11 is 6.19. The highest BCUT2D eigenvalue weighted by molar-refractivity contribution is 6.32. The lowest BCUT2D eigenvalue weighted by Gasteiger charge is -2.24. The summed E-state index contributed by atoms with van der Waals surface area (Å²) in [6, 6.07) is 18.4. The first-order chi connectivity index (χ1) is 13.5. The Hall–Kier alpha value is -2.76. The van der Waals surface area contributed by atoms with E-state index in [1.807, 2.05) is 56.4 Å². The molecule has 0 spiro atoms. The summed E-state index contributed by atoms with van der Waals surface area (Å²) in [4.78, 5) is 14.2. The molecule has 146 valence electrons. The van der Waals surface area contributed by atoms with Gasteiger partial charge in [0.25, 0.3) is 5.91 Å². The molecule has 0 aliphatic carbocycles. The van der Waals surface area contributed by atoms with Gasteiger partial charge in [-0.2, -0.15) is 0 Å². The van der Waals surface area contributed by atoms with Crippen molar-refractivity contribution in [2.24, 2.45) is 0 Å². The van der Waals surface area contributed by atoms with Crippen molar-refractivity contribution in [2.75, 3.05) is 19.5 Å². The first kappa shape index (κ1) is 20.0. The van der Waals surface area contributed by atoms with E-state index in [4.69, 9.17) is 20.8 Å². The van der Waals surface area contributed by atoms with E-state index in [1.54, 1.807) is 25.3 Å². The summed E-state index contributed by atoms with van der Waals surface area (Å²) in [7, 11) is 3.54. The first-order valence-electron chi connectivity index (χ1n) is 9.05. The third kappa shape index (κ3) is 4.74. The van der Waals surface area contributed by atoms with Gasteiger partial charge >= 0.3 is 0 Å². The molecule has 2 atom stereocenters. The lowest BCUT2D eigenvalue weighted by atomic mass is 10.0. The summed E-state index contributed by atoms with van der Waals surface area (Å²) in [5.41, 5.74) is 1.55. The van der Waals surface area contributed by atoms with Crippen LogP contribution in [0.25, 0.3) is 0 Å². The van der Waals surface area contributed by atoms with Crippen molar-refractivity contribution < 1.29 is 18.8 Å². The zero-order valence-corrected chi connectivity index (χ0v) is 16.9. The molecule has 2 N–H and O–H groups in total. The van der Waals surface area contributed by atoms with Crippen LogP contribution in [0.5, 0.6) is 5.75 Å². The monoisotopic (exact) mass is 399 g/mol. The number of anilines is 1. The second-order valence-corrected chi connectivity index (χ2v) is 7.12. The molecule has 0 saturated carbocycles. The maximum absolute atomic E-state index is 13.2. The van der Waals surface area contributed by atoms with E-state index in [9.17, 15) is 4.79 Å². The third-order valence-electron chi connectivity index (χ3n) is 4.56. The van der Waals surface area contributed by atoms with Crippen molar-refractivity contribution in [1.29, 1.82) is 0 Å². The summed E-state index contributed by atoms with van der Waals surface area (Å²) in [6.07, 6.45) is 0. The molecule has 3 aromatic rings. The Morgan fingerprint density at radius 3 is 2.54 bits per heavy atom. The van der Waals surface area contributed by atoms with Gasteiger partial charge in [0.05, 0.1) is 19.2 Å². The van der Waals surface area contributed by atoms with Crippen LogP contribution in [0.3, 0.4) is 0 Å². The smallest absolute Gasteiger partial charge is 0.287 e. The summed E-state index contributed by atoms with van der Waals surface area (Å²) in [5.74, 6) is 2.15. The zero-order valence-electron chi connectivity index (χ0n) is 16.2. The van der Waals surface area contributed by atoms with Gasteiger partial charge in [-0.15, -0.1) is 0 Å². The van der Waals surface area contributed by atoms with Crippen molar-refractivity contribution in [3.8, 4) is 5.75 Å². The Morgan fingerprint density at radius 2 is 1.93 bits per heavy atom. The second-order valence-electron chi connectivity index (χ2n) is 6.72. The van der Waals surface area contributed by atoms with Crippen LogP contribution in [-0.4, -0.2) is 20.1 Å². The highest BCUT2D eigenvalue weighted by Crippen LogP contribution is 2.27. The fourth-order valence-corrected chi connectivity index (χ4v) is 3.48. The molecule has 1 amide bonds. The Kier molecular flexibility index (Phi) is 6.39. The third-order valence-corrected chi connectivity index (χ3v) is 4.85. The number of nitrogens with one attached hydrogen (secondary N) is 2. The van der Waals surface area contributed by atoms with Gasteiger partial charge in [0.1, 0.15) is 18.1 Å². The Bertz CT molecular complexity index is 940. The number of likely N-dealkylation sites (N-methyl/N-ethyl adjacent to an activating group) is 1. The van der Waals surface area contributed by atoms with Crippen LogP contribution in [0.2, 0.25) is 5.02 Å². The number of carbonyl (C=O) groups excluding carboxylic acids is 1. The van der Waals surface area contributed by atoms with Gasteiger partial charge in [0.2, 0.25) is 0 Å². The molecule has 5 nitrogen and oxygen atoms in total. The quantitative estimate of drug-likeness (QED) is 0.637. The highest BCUT2D eigenvalue weighted by Gasteiger charge is 2.30. The lowest BCUT2D eigenvalue weighted by molar-refractivity contribution is -0.916. The topological polar surface area (TPSA) is 55.9 Å². The predicted molar refractivity (Wildman–Crippen MR) is 110 cm³/mol. The average molecular weight is 400 g/mol. The minimum absolute atomic E-state index is 0.117. The van der Waals surface area contributed by atoms with E-state index >= 15 is 0 Å². The van der Waals surface area contributed by atoms with Crippen LogP contribution in [-0.2, 0) is 11.3 Å². The number of amides is 1. The van der Waals surface area contributed by atoms with Gasteiger partial charge < -0.3 is 19.4 Å². The molecule has 0 aliphatic rings. The van der Waals surface area contributed by atoms with E-state index < -0.39 is 6.04 Å². The highest BCUT2D eigenvalue weighted by atomic mass is 35.5. The predicted octanol–water partition coefficient (Wildman–Crippen LogP) is 3.64. The van der Waals surface area contributed by atoms with E-state index in [1.165, 1.54) is 0 Å². The summed E-state index contributed by atoms with van der Waals surface area (Å²) < 4.78 is 10.9. The van der Waals surface area contributed by atoms with Gasteiger partial charge in [-0.05, 0) is 37.3 Å². The van der Waals surface area contributed by atoms with Gasteiger partial charge in [-0.25, -0.2) is 0 Å². The van der Waals surface area contributed by atoms with Crippen molar-refractivity contribution in [3.63, 3.8) is 0 Å². The maximum Gasteiger partial charge on any atom is 0.287 e. The Balaban J connectivity index is 1.83. The van der Waals surface area contributed by atoms with Crippen molar-refractivity contribution in [1.82, 2.24) is 0 Å². The molecule has 0 aliphatic heterocycles. The lowest BCUT2D eigenvalue weighted by Crippen LogP contribution is -3.09. The van der Waals surface area contributed by atoms with E-state index in [0.29, 0.717) is 23.0 Å². The number of carbonyl (C=O) groups is 1. The number of benzene rings is 2. The van der Waals surface area contributed by atoms with E-state index in [0.717, 1.165) is 22.0 Å². The molecule has 1 aromatic heterocycles. The number of quaternary nitrogens is 1. The SMILES string of the molecule is COc1ccc(NC(=O)[C@@H](c2ccccc2)[NH+](C)Cc2ccc(C)o2)cc1Cl. The number of hydrogen-bond acceptors (Lipinski definition) is 3. The van der Waals surface area contributed by atoms with Crippen molar-refractivity contribution in [3.05, 3.63) is 82.8 Å². The molecule has 2 aromatic carbocycles. The first-order valence-corrected chi connectivity index (χ1v) is 9.42. The number of halogens is 1. The van der Waals surface area contributed by atoms with Gasteiger partial charge in [0, 0.05) is 11.3 Å².